The summed E-state index contributed by atoms with van der Waals surface area (Å²) in [5.74, 6) is 0.578. The van der Waals surface area contributed by atoms with Crippen molar-refractivity contribution in [2.45, 2.75) is 25.5 Å². The molecule has 0 spiro atoms. The van der Waals surface area contributed by atoms with Crippen molar-refractivity contribution in [2.24, 2.45) is 7.05 Å². The number of pyridine rings is 4. The number of hydrogen-bond donors (Lipinski definition) is 2. The predicted molar refractivity (Wildman–Crippen MR) is 169 cm³/mol. The van der Waals surface area contributed by atoms with Crippen molar-refractivity contribution in [1.82, 2.24) is 23.4 Å². The molecule has 1 aliphatic heterocycles. The number of aliphatic hydroxyl groups excluding tert-OH is 1. The summed E-state index contributed by atoms with van der Waals surface area (Å²) in [5.41, 5.74) is 5.53. The van der Waals surface area contributed by atoms with E-state index in [2.05, 4.69) is 28.3 Å². The maximum Gasteiger partial charge on any atom is 0.274 e. The Bertz CT molecular complexity index is 2110. The average molecular weight is 573 g/mol. The summed E-state index contributed by atoms with van der Waals surface area (Å²) in [5, 5.41) is 14.4. The molecule has 0 aliphatic carbocycles. The molecule has 0 saturated carbocycles. The molecule has 1 saturated heterocycles. The van der Waals surface area contributed by atoms with Gasteiger partial charge in [0.2, 0.25) is 0 Å². The Labute approximate surface area is 247 Å². The van der Waals surface area contributed by atoms with E-state index in [0.717, 1.165) is 35.1 Å². The largest absolute Gasteiger partial charge is 0.392 e. The van der Waals surface area contributed by atoms with Crippen molar-refractivity contribution in [3.05, 3.63) is 123 Å². The lowest BCUT2D eigenvalue weighted by atomic mass is 9.99. The molecule has 6 heterocycles. The summed E-state index contributed by atoms with van der Waals surface area (Å²) in [6.07, 6.45) is 9.58. The summed E-state index contributed by atoms with van der Waals surface area (Å²) in [6.45, 7) is 0.787. The van der Waals surface area contributed by atoms with Crippen LogP contribution in [0.25, 0.3) is 33.2 Å². The highest BCUT2D eigenvalue weighted by Crippen LogP contribution is 2.32. The zero-order valence-corrected chi connectivity index (χ0v) is 24.1. The Hall–Kier alpha value is -4.99. The minimum absolute atomic E-state index is 0.172. The molecule has 1 aromatic carbocycles. The summed E-state index contributed by atoms with van der Waals surface area (Å²) in [4.78, 5) is 33.8. The van der Waals surface area contributed by atoms with Gasteiger partial charge in [-0.15, -0.1) is 0 Å². The number of nitrogens with one attached hydrogen (secondary N) is 1. The smallest absolute Gasteiger partial charge is 0.274 e. The Kier molecular flexibility index (Phi) is 6.68. The van der Waals surface area contributed by atoms with Crippen LogP contribution in [0.1, 0.15) is 30.0 Å². The van der Waals surface area contributed by atoms with Gasteiger partial charge in [0.15, 0.2) is 0 Å². The van der Waals surface area contributed by atoms with Crippen LogP contribution in [0.3, 0.4) is 0 Å². The van der Waals surface area contributed by atoms with Crippen molar-refractivity contribution < 1.29 is 5.11 Å². The van der Waals surface area contributed by atoms with Crippen LogP contribution < -0.4 is 16.4 Å². The molecule has 9 nitrogen and oxygen atoms in total. The van der Waals surface area contributed by atoms with Gasteiger partial charge in [0.1, 0.15) is 11.5 Å². The molecule has 2 N–H and O–H groups in total. The van der Waals surface area contributed by atoms with E-state index in [-0.39, 0.29) is 17.7 Å². The third kappa shape index (κ3) is 4.63. The average Bonchev–Trinajstić information content (AvgIpc) is 3.63. The standard InChI is InChI=1S/C34H32N6O3/c1-37-14-6-10-29(37)22-11-12-32(35-19-22)36-28-17-23(20-38(2)34(28)43)25-8-5-9-30(27(25)21-41)40-16-13-31-26(33(40)42)18-24-7-3-4-15-39(24)31/h3-5,7-9,11-13,15-20,29,41H,6,10,14,21H2,1-2H3,(H,35,36). The van der Waals surface area contributed by atoms with Crippen LogP contribution in [0.15, 0.2) is 101 Å². The van der Waals surface area contributed by atoms with Gasteiger partial charge < -0.3 is 19.4 Å². The third-order valence-electron chi connectivity index (χ3n) is 8.57. The van der Waals surface area contributed by atoms with Crippen molar-refractivity contribution >= 4 is 27.9 Å². The molecule has 5 aromatic heterocycles. The van der Waals surface area contributed by atoms with Crippen molar-refractivity contribution in [3.8, 4) is 16.8 Å². The van der Waals surface area contributed by atoms with Crippen LogP contribution in [-0.2, 0) is 13.7 Å². The van der Waals surface area contributed by atoms with Crippen LogP contribution in [-0.4, -0.2) is 42.1 Å². The summed E-state index contributed by atoms with van der Waals surface area (Å²) in [6, 6.07) is 21.3. The molecule has 1 atom stereocenters. The maximum atomic E-state index is 13.7. The maximum absolute atomic E-state index is 13.7. The van der Waals surface area contributed by atoms with E-state index in [1.807, 2.05) is 71.4 Å². The Morgan fingerprint density at radius 1 is 0.977 bits per heavy atom. The number of benzene rings is 1. The quantitative estimate of drug-likeness (QED) is 0.291. The molecular weight excluding hydrogens is 540 g/mol. The van der Waals surface area contributed by atoms with Gasteiger partial charge >= 0.3 is 0 Å². The van der Waals surface area contributed by atoms with E-state index in [4.69, 9.17) is 0 Å². The molecule has 7 rings (SSSR count). The molecule has 43 heavy (non-hydrogen) atoms. The van der Waals surface area contributed by atoms with Crippen LogP contribution in [0.2, 0.25) is 0 Å². The first-order chi connectivity index (χ1) is 20.9. The molecule has 6 aromatic rings. The Morgan fingerprint density at radius 3 is 2.63 bits per heavy atom. The second kappa shape index (κ2) is 10.7. The van der Waals surface area contributed by atoms with Crippen molar-refractivity contribution in [2.75, 3.05) is 18.9 Å². The van der Waals surface area contributed by atoms with E-state index in [0.29, 0.717) is 34.2 Å². The number of likely N-dealkylation sites (tertiary alicyclic amines) is 1. The summed E-state index contributed by atoms with van der Waals surface area (Å²) in [7, 11) is 3.83. The van der Waals surface area contributed by atoms with Gasteiger partial charge in [-0.3, -0.25) is 19.1 Å². The van der Waals surface area contributed by atoms with E-state index >= 15 is 0 Å². The summed E-state index contributed by atoms with van der Waals surface area (Å²) >= 11 is 0. The fourth-order valence-electron chi connectivity index (χ4n) is 6.35. The van der Waals surface area contributed by atoms with Gasteiger partial charge in [-0.1, -0.05) is 24.3 Å². The molecule has 0 bridgehead atoms. The first-order valence-electron chi connectivity index (χ1n) is 14.4. The van der Waals surface area contributed by atoms with Crippen LogP contribution in [0.4, 0.5) is 11.5 Å². The number of hydrogen-bond acceptors (Lipinski definition) is 6. The predicted octanol–water partition coefficient (Wildman–Crippen LogP) is 5.01. The molecule has 1 fully saturated rings. The normalized spacial score (nSPS) is 15.5. The fourth-order valence-corrected chi connectivity index (χ4v) is 6.35. The topological polar surface area (TPSA) is 96.8 Å². The van der Waals surface area contributed by atoms with Gasteiger partial charge in [-0.2, -0.15) is 0 Å². The lowest BCUT2D eigenvalue weighted by molar-refractivity contribution is 0.282. The number of aryl methyl sites for hydroxylation is 1. The third-order valence-corrected chi connectivity index (χ3v) is 8.57. The van der Waals surface area contributed by atoms with Gasteiger partial charge in [0.25, 0.3) is 11.1 Å². The van der Waals surface area contributed by atoms with E-state index in [9.17, 15) is 14.7 Å². The van der Waals surface area contributed by atoms with Gasteiger partial charge in [-0.05, 0) is 80.0 Å². The van der Waals surface area contributed by atoms with Crippen LogP contribution >= 0.6 is 0 Å². The molecule has 1 unspecified atom stereocenters. The number of nitrogens with zero attached hydrogens (tertiary/aromatic N) is 5. The molecule has 0 radical (unpaired) electrons. The lowest BCUT2D eigenvalue weighted by Crippen LogP contribution is -2.21. The number of anilines is 2. The highest BCUT2D eigenvalue weighted by Gasteiger charge is 2.23. The number of fused-ring (bicyclic) bond motifs is 3. The molecule has 1 aliphatic rings. The lowest BCUT2D eigenvalue weighted by Gasteiger charge is -2.19. The minimum Gasteiger partial charge on any atom is -0.392 e. The van der Waals surface area contributed by atoms with E-state index in [1.54, 1.807) is 30.1 Å². The number of aromatic nitrogens is 4. The molecule has 0 amide bonds. The molecular formula is C34H32N6O3. The Morgan fingerprint density at radius 2 is 1.86 bits per heavy atom. The highest BCUT2D eigenvalue weighted by molar-refractivity contribution is 5.86. The minimum atomic E-state index is -0.294. The monoisotopic (exact) mass is 572 g/mol. The zero-order chi connectivity index (χ0) is 29.7. The van der Waals surface area contributed by atoms with Gasteiger partial charge in [-0.25, -0.2) is 4.98 Å². The van der Waals surface area contributed by atoms with Crippen molar-refractivity contribution in [1.29, 1.82) is 0 Å². The second-order valence-corrected chi connectivity index (χ2v) is 11.2. The van der Waals surface area contributed by atoms with Gasteiger partial charge in [0.05, 0.1) is 23.2 Å². The first kappa shape index (κ1) is 26.9. The zero-order valence-electron chi connectivity index (χ0n) is 24.1. The van der Waals surface area contributed by atoms with E-state index in [1.165, 1.54) is 16.6 Å². The highest BCUT2D eigenvalue weighted by atomic mass is 16.3. The molecule has 9 heteroatoms. The fraction of sp³-hybridized carbons (Fsp3) is 0.206. The van der Waals surface area contributed by atoms with E-state index < -0.39 is 0 Å². The summed E-state index contributed by atoms with van der Waals surface area (Å²) < 4.78 is 5.07. The molecule has 216 valence electrons. The van der Waals surface area contributed by atoms with Crippen LogP contribution in [0.5, 0.6) is 0 Å². The Balaban J connectivity index is 1.27. The SMILES string of the molecule is CN1CCCC1c1ccc(Nc2cc(-c3cccc(-n4ccc5c(cc6ccccn65)c4=O)c3CO)cn(C)c2=O)nc1. The number of aliphatic hydroxyl groups is 1. The van der Waals surface area contributed by atoms with Crippen LogP contribution in [0, 0.1) is 0 Å². The first-order valence-corrected chi connectivity index (χ1v) is 14.4. The van der Waals surface area contributed by atoms with Crippen molar-refractivity contribution in [3.63, 3.8) is 0 Å². The van der Waals surface area contributed by atoms with Gasteiger partial charge in [0, 0.05) is 54.5 Å². The number of rotatable bonds is 6. The second-order valence-electron chi connectivity index (χ2n) is 11.2.